The molecule has 0 spiro atoms. The molecule has 1 unspecified atom stereocenters. The van der Waals surface area contributed by atoms with E-state index in [-0.39, 0.29) is 0 Å². The number of aromatic nitrogens is 2. The lowest BCUT2D eigenvalue weighted by atomic mass is 9.73. The van der Waals surface area contributed by atoms with Gasteiger partial charge in [0.1, 0.15) is 0 Å². The van der Waals surface area contributed by atoms with E-state index in [1.54, 1.807) is 56.6 Å². The topological polar surface area (TPSA) is 67.4 Å². The number of fused-ring (bicyclic) bond motifs is 1. The molecule has 2 N–H and O–H groups in total. The van der Waals surface area contributed by atoms with Gasteiger partial charge in [-0.05, 0) is 36.0 Å². The molecule has 0 aliphatic carbocycles. The highest BCUT2D eigenvalue weighted by Gasteiger charge is 2.56. The van der Waals surface area contributed by atoms with Gasteiger partial charge in [-0.2, -0.15) is 13.2 Å². The standard InChI is InChI=1S/C24H27F3N2O3/c1-22(2,18-6-3-5-17(11-18)21-31-9-4-10-32-21)15-23(30,24(25,26)27)13-19-12-16-7-8-28-14-20(16)29-19/h3,5-8,11-12,14,21,29-30H,4,9-10,13,15H2,1-2H3. The van der Waals surface area contributed by atoms with Crippen molar-refractivity contribution in [3.63, 3.8) is 0 Å². The Balaban J connectivity index is 1.61. The van der Waals surface area contributed by atoms with Crippen molar-refractivity contribution in [2.75, 3.05) is 13.2 Å². The van der Waals surface area contributed by atoms with E-state index in [4.69, 9.17) is 9.47 Å². The summed E-state index contributed by atoms with van der Waals surface area (Å²) in [6, 6.07) is 10.5. The van der Waals surface area contributed by atoms with Gasteiger partial charge in [0.2, 0.25) is 0 Å². The highest BCUT2D eigenvalue weighted by molar-refractivity contribution is 5.79. The van der Waals surface area contributed by atoms with Crippen LogP contribution in [-0.4, -0.2) is 40.1 Å². The van der Waals surface area contributed by atoms with E-state index in [0.717, 1.165) is 17.4 Å². The van der Waals surface area contributed by atoms with Crippen molar-refractivity contribution in [3.05, 3.63) is 65.6 Å². The van der Waals surface area contributed by atoms with Crippen LogP contribution < -0.4 is 0 Å². The minimum absolute atomic E-state index is 0.307. The first-order valence-electron chi connectivity index (χ1n) is 10.6. The van der Waals surface area contributed by atoms with Gasteiger partial charge < -0.3 is 19.6 Å². The second-order valence-electron chi connectivity index (χ2n) is 9.08. The second-order valence-corrected chi connectivity index (χ2v) is 9.08. The van der Waals surface area contributed by atoms with Gasteiger partial charge in [0.15, 0.2) is 11.9 Å². The molecule has 0 saturated carbocycles. The number of ether oxygens (including phenoxy) is 2. The van der Waals surface area contributed by atoms with Gasteiger partial charge in [-0.15, -0.1) is 0 Å². The third-order valence-electron chi connectivity index (χ3n) is 5.99. The average Bonchev–Trinajstić information content (AvgIpc) is 3.15. The number of H-pyrrole nitrogens is 1. The third-order valence-corrected chi connectivity index (χ3v) is 5.99. The lowest BCUT2D eigenvalue weighted by Crippen LogP contribution is -2.50. The molecule has 1 aliphatic rings. The van der Waals surface area contributed by atoms with E-state index in [9.17, 15) is 18.3 Å². The molecule has 2 aromatic heterocycles. The summed E-state index contributed by atoms with van der Waals surface area (Å²) < 4.78 is 53.7. The van der Waals surface area contributed by atoms with Crippen LogP contribution in [0.5, 0.6) is 0 Å². The molecule has 1 aromatic carbocycles. The smallest absolute Gasteiger partial charge is 0.380 e. The van der Waals surface area contributed by atoms with Crippen molar-refractivity contribution < 1.29 is 27.8 Å². The van der Waals surface area contributed by atoms with Gasteiger partial charge in [0.25, 0.3) is 0 Å². The Labute approximate surface area is 184 Å². The first kappa shape index (κ1) is 22.8. The van der Waals surface area contributed by atoms with Gasteiger partial charge in [-0.25, -0.2) is 0 Å². The van der Waals surface area contributed by atoms with Crippen molar-refractivity contribution in [2.24, 2.45) is 0 Å². The summed E-state index contributed by atoms with van der Waals surface area (Å²) in [6.07, 6.45) is -2.49. The number of alkyl halides is 3. The van der Waals surface area contributed by atoms with Crippen molar-refractivity contribution in [1.29, 1.82) is 0 Å². The molecule has 0 amide bonds. The Morgan fingerprint density at radius 3 is 2.56 bits per heavy atom. The summed E-state index contributed by atoms with van der Waals surface area (Å²) in [5.41, 5.74) is -1.51. The van der Waals surface area contributed by atoms with Gasteiger partial charge in [0, 0.05) is 29.3 Å². The Hall–Kier alpha value is -2.42. The SMILES string of the molecule is CC(C)(CC(O)(Cc1cc2ccncc2[nH]1)C(F)(F)F)c1cccc(C2OCCCO2)c1. The molecule has 1 aliphatic heterocycles. The number of hydrogen-bond donors (Lipinski definition) is 2. The zero-order chi connectivity index (χ0) is 23.0. The molecule has 0 radical (unpaired) electrons. The molecule has 4 rings (SSSR count). The fraction of sp³-hybridized carbons (Fsp3) is 0.458. The van der Waals surface area contributed by atoms with Crippen molar-refractivity contribution in [2.45, 2.75) is 56.6 Å². The maximum atomic E-state index is 14.1. The number of halogens is 3. The zero-order valence-electron chi connectivity index (χ0n) is 18.1. The summed E-state index contributed by atoms with van der Waals surface area (Å²) in [5.74, 6) is 0. The van der Waals surface area contributed by atoms with Crippen molar-refractivity contribution in [1.82, 2.24) is 9.97 Å². The van der Waals surface area contributed by atoms with Crippen LogP contribution in [-0.2, 0) is 21.3 Å². The number of aromatic amines is 1. The van der Waals surface area contributed by atoms with Crippen LogP contribution in [0.15, 0.2) is 48.8 Å². The van der Waals surface area contributed by atoms with Crippen LogP contribution in [0.3, 0.4) is 0 Å². The Morgan fingerprint density at radius 2 is 1.88 bits per heavy atom. The minimum Gasteiger partial charge on any atom is -0.380 e. The molecule has 0 bridgehead atoms. The molecular formula is C24H27F3N2O3. The minimum atomic E-state index is -4.81. The first-order valence-corrected chi connectivity index (χ1v) is 10.6. The second kappa shape index (κ2) is 8.50. The van der Waals surface area contributed by atoms with Gasteiger partial charge in [-0.1, -0.05) is 38.1 Å². The van der Waals surface area contributed by atoms with Gasteiger partial charge in [0.05, 0.1) is 24.9 Å². The maximum Gasteiger partial charge on any atom is 0.417 e. The Bertz CT molecular complexity index is 1040. The number of nitrogens with one attached hydrogen (secondary N) is 1. The van der Waals surface area contributed by atoms with Crippen molar-refractivity contribution in [3.8, 4) is 0 Å². The highest BCUT2D eigenvalue weighted by Crippen LogP contribution is 2.43. The maximum absolute atomic E-state index is 14.1. The van der Waals surface area contributed by atoms with Gasteiger partial charge in [-0.3, -0.25) is 4.98 Å². The number of hydrogen-bond acceptors (Lipinski definition) is 4. The number of pyridine rings is 1. The normalized spacial score (nSPS) is 18.1. The van der Waals surface area contributed by atoms with Gasteiger partial charge >= 0.3 is 6.18 Å². The number of aliphatic hydroxyl groups is 1. The zero-order valence-corrected chi connectivity index (χ0v) is 18.1. The highest BCUT2D eigenvalue weighted by atomic mass is 19.4. The molecule has 172 valence electrons. The predicted molar refractivity (Wildman–Crippen MR) is 114 cm³/mol. The molecule has 3 heterocycles. The number of rotatable bonds is 6. The monoisotopic (exact) mass is 448 g/mol. The fourth-order valence-corrected chi connectivity index (χ4v) is 4.33. The Kier molecular flexibility index (Phi) is 6.04. The van der Waals surface area contributed by atoms with E-state index >= 15 is 0 Å². The summed E-state index contributed by atoms with van der Waals surface area (Å²) in [4.78, 5) is 6.93. The molecule has 32 heavy (non-hydrogen) atoms. The average molecular weight is 448 g/mol. The van der Waals surface area contributed by atoms with Crippen LogP contribution >= 0.6 is 0 Å². The van der Waals surface area contributed by atoms with Crippen LogP contribution in [0.2, 0.25) is 0 Å². The third kappa shape index (κ3) is 4.67. The van der Waals surface area contributed by atoms with Crippen LogP contribution in [0.1, 0.15) is 49.8 Å². The molecule has 1 saturated heterocycles. The lowest BCUT2D eigenvalue weighted by Gasteiger charge is -2.38. The van der Waals surface area contributed by atoms with Crippen molar-refractivity contribution >= 4 is 10.9 Å². The number of nitrogens with zero attached hydrogens (tertiary/aromatic N) is 1. The predicted octanol–water partition coefficient (Wildman–Crippen LogP) is 5.20. The first-order chi connectivity index (χ1) is 15.1. The number of benzene rings is 1. The quantitative estimate of drug-likeness (QED) is 0.544. The molecule has 3 aromatic rings. The van der Waals surface area contributed by atoms with E-state index in [2.05, 4.69) is 9.97 Å². The Morgan fingerprint density at radius 1 is 1.12 bits per heavy atom. The molecule has 8 heteroatoms. The largest absolute Gasteiger partial charge is 0.417 e. The summed E-state index contributed by atoms with van der Waals surface area (Å²) >= 11 is 0. The van der Waals surface area contributed by atoms with E-state index in [0.29, 0.717) is 30.0 Å². The summed E-state index contributed by atoms with van der Waals surface area (Å²) in [5, 5.41) is 11.7. The summed E-state index contributed by atoms with van der Waals surface area (Å²) in [6.45, 7) is 4.57. The molecular weight excluding hydrogens is 421 g/mol. The lowest BCUT2D eigenvalue weighted by molar-refractivity contribution is -0.266. The molecule has 1 atom stereocenters. The van der Waals surface area contributed by atoms with E-state index in [1.807, 2.05) is 6.07 Å². The summed E-state index contributed by atoms with van der Waals surface area (Å²) in [7, 11) is 0. The van der Waals surface area contributed by atoms with E-state index < -0.39 is 36.3 Å². The van der Waals surface area contributed by atoms with Crippen LogP contribution in [0, 0.1) is 0 Å². The molecule has 5 nitrogen and oxygen atoms in total. The fourth-order valence-electron chi connectivity index (χ4n) is 4.33. The van der Waals surface area contributed by atoms with Crippen LogP contribution in [0.25, 0.3) is 10.9 Å². The molecule has 1 fully saturated rings. The van der Waals surface area contributed by atoms with Crippen LogP contribution in [0.4, 0.5) is 13.2 Å². The van der Waals surface area contributed by atoms with E-state index in [1.165, 1.54) is 0 Å².